The van der Waals surface area contributed by atoms with Gasteiger partial charge in [-0.15, -0.1) is 0 Å². The smallest absolute Gasteiger partial charge is 0.416 e. The summed E-state index contributed by atoms with van der Waals surface area (Å²) in [6.45, 7) is 6.27. The van der Waals surface area contributed by atoms with Gasteiger partial charge in [0.05, 0.1) is 12.5 Å². The van der Waals surface area contributed by atoms with E-state index in [0.717, 1.165) is 11.1 Å². The first kappa shape index (κ1) is 13.6. The van der Waals surface area contributed by atoms with Gasteiger partial charge in [0.15, 0.2) is 0 Å². The van der Waals surface area contributed by atoms with Crippen molar-refractivity contribution in [2.24, 2.45) is 5.92 Å². The van der Waals surface area contributed by atoms with E-state index in [1.165, 1.54) is 4.90 Å². The highest BCUT2D eigenvalue weighted by atomic mass is 16.6. The second-order valence-corrected chi connectivity index (χ2v) is 5.31. The summed E-state index contributed by atoms with van der Waals surface area (Å²) in [4.78, 5) is 25.2. The molecule has 19 heavy (non-hydrogen) atoms. The Hall–Kier alpha value is -1.84. The summed E-state index contributed by atoms with van der Waals surface area (Å²) < 4.78 is 4.98. The lowest BCUT2D eigenvalue weighted by Gasteiger charge is -2.22. The molecule has 1 aliphatic heterocycles. The van der Waals surface area contributed by atoms with Crippen molar-refractivity contribution < 1.29 is 14.3 Å². The minimum Gasteiger partial charge on any atom is -0.447 e. The molecule has 0 aromatic heterocycles. The summed E-state index contributed by atoms with van der Waals surface area (Å²) in [5, 5.41) is 0. The molecule has 1 aromatic rings. The van der Waals surface area contributed by atoms with Crippen molar-refractivity contribution in [1.82, 2.24) is 4.90 Å². The molecule has 0 spiro atoms. The molecule has 0 bridgehead atoms. The number of benzene rings is 1. The van der Waals surface area contributed by atoms with Crippen molar-refractivity contribution in [3.8, 4) is 0 Å². The van der Waals surface area contributed by atoms with Crippen molar-refractivity contribution in [2.75, 3.05) is 6.61 Å². The second-order valence-electron chi connectivity index (χ2n) is 5.31. The standard InChI is InChI=1S/C15H19NO3/c1-10(2)13-9-19-15(18)16(13)14(17)8-12-6-4-11(3)5-7-12/h4-7,10,13H,8-9H2,1-3H3. The van der Waals surface area contributed by atoms with Crippen LogP contribution in [0.25, 0.3) is 0 Å². The van der Waals surface area contributed by atoms with Crippen molar-refractivity contribution in [1.29, 1.82) is 0 Å². The fourth-order valence-corrected chi connectivity index (χ4v) is 2.18. The first-order valence-corrected chi connectivity index (χ1v) is 6.53. The van der Waals surface area contributed by atoms with Gasteiger partial charge in [-0.2, -0.15) is 0 Å². The number of cyclic esters (lactones) is 1. The summed E-state index contributed by atoms with van der Waals surface area (Å²) in [6, 6.07) is 7.61. The van der Waals surface area contributed by atoms with Crippen LogP contribution in [0.2, 0.25) is 0 Å². The molecule has 1 fully saturated rings. The number of carbonyl (C=O) groups is 2. The van der Waals surface area contributed by atoms with Gasteiger partial charge < -0.3 is 4.74 Å². The quantitative estimate of drug-likeness (QED) is 0.840. The zero-order chi connectivity index (χ0) is 14.0. The minimum absolute atomic E-state index is 0.148. The second kappa shape index (κ2) is 5.43. The molecular weight excluding hydrogens is 242 g/mol. The Morgan fingerprint density at radius 2 is 2.00 bits per heavy atom. The zero-order valence-electron chi connectivity index (χ0n) is 11.6. The maximum Gasteiger partial charge on any atom is 0.416 e. The maximum absolute atomic E-state index is 12.3. The molecule has 0 N–H and O–H groups in total. The lowest BCUT2D eigenvalue weighted by Crippen LogP contribution is -2.42. The molecule has 1 heterocycles. The molecule has 4 heteroatoms. The molecular formula is C15H19NO3. The molecule has 1 aliphatic rings. The van der Waals surface area contributed by atoms with E-state index in [-0.39, 0.29) is 24.3 Å². The Kier molecular flexibility index (Phi) is 3.88. The van der Waals surface area contributed by atoms with Crippen molar-refractivity contribution >= 4 is 12.0 Å². The maximum atomic E-state index is 12.3. The molecule has 0 radical (unpaired) electrons. The van der Waals surface area contributed by atoms with Gasteiger partial charge in [-0.1, -0.05) is 43.7 Å². The van der Waals surface area contributed by atoms with Crippen molar-refractivity contribution in [3.63, 3.8) is 0 Å². The van der Waals surface area contributed by atoms with Gasteiger partial charge >= 0.3 is 6.09 Å². The largest absolute Gasteiger partial charge is 0.447 e. The number of carbonyl (C=O) groups excluding carboxylic acids is 2. The van der Waals surface area contributed by atoms with Crippen LogP contribution in [-0.4, -0.2) is 29.5 Å². The number of rotatable bonds is 3. The van der Waals surface area contributed by atoms with Gasteiger partial charge in [0.1, 0.15) is 6.61 Å². The summed E-state index contributed by atoms with van der Waals surface area (Å²) in [5.74, 6) is 0.0125. The van der Waals surface area contributed by atoms with Crippen LogP contribution in [0.15, 0.2) is 24.3 Å². The fourth-order valence-electron chi connectivity index (χ4n) is 2.18. The Morgan fingerprint density at radius 3 is 2.58 bits per heavy atom. The van der Waals surface area contributed by atoms with Crippen LogP contribution in [0.1, 0.15) is 25.0 Å². The first-order chi connectivity index (χ1) is 8.99. The molecule has 1 unspecified atom stereocenters. The predicted octanol–water partition coefficient (Wildman–Crippen LogP) is 2.54. The number of hydrogen-bond donors (Lipinski definition) is 0. The number of imide groups is 1. The summed E-state index contributed by atoms with van der Waals surface area (Å²) >= 11 is 0. The van der Waals surface area contributed by atoms with Gasteiger partial charge in [-0.05, 0) is 18.4 Å². The molecule has 1 saturated heterocycles. The average molecular weight is 261 g/mol. The van der Waals surface area contributed by atoms with Crippen molar-refractivity contribution in [2.45, 2.75) is 33.2 Å². The minimum atomic E-state index is -0.518. The van der Waals surface area contributed by atoms with Crippen LogP contribution in [0.4, 0.5) is 4.79 Å². The Morgan fingerprint density at radius 1 is 1.37 bits per heavy atom. The zero-order valence-corrected chi connectivity index (χ0v) is 11.6. The van der Waals surface area contributed by atoms with E-state index in [4.69, 9.17) is 4.74 Å². The van der Waals surface area contributed by atoms with E-state index in [1.54, 1.807) is 0 Å². The van der Waals surface area contributed by atoms with E-state index in [2.05, 4.69) is 0 Å². The summed E-state index contributed by atoms with van der Waals surface area (Å²) in [5.41, 5.74) is 2.06. The van der Waals surface area contributed by atoms with Gasteiger partial charge in [0, 0.05) is 0 Å². The number of amides is 2. The lowest BCUT2D eigenvalue weighted by atomic mass is 10.0. The highest BCUT2D eigenvalue weighted by Crippen LogP contribution is 2.20. The van der Waals surface area contributed by atoms with Crippen LogP contribution in [0, 0.1) is 12.8 Å². The average Bonchev–Trinajstić information content (AvgIpc) is 2.74. The number of ether oxygens (including phenoxy) is 1. The SMILES string of the molecule is Cc1ccc(CC(=O)N2C(=O)OCC2C(C)C)cc1. The van der Waals surface area contributed by atoms with Crippen LogP contribution < -0.4 is 0 Å². The van der Waals surface area contributed by atoms with Crippen LogP contribution in [0.5, 0.6) is 0 Å². The third-order valence-electron chi connectivity index (χ3n) is 3.42. The first-order valence-electron chi connectivity index (χ1n) is 6.53. The Bertz CT molecular complexity index is 479. The third kappa shape index (κ3) is 2.95. The number of aryl methyl sites for hydroxylation is 1. The molecule has 102 valence electrons. The van der Waals surface area contributed by atoms with Gasteiger partial charge in [0.25, 0.3) is 0 Å². The molecule has 0 saturated carbocycles. The van der Waals surface area contributed by atoms with Crippen LogP contribution >= 0.6 is 0 Å². The van der Waals surface area contributed by atoms with Gasteiger partial charge in [-0.3, -0.25) is 4.79 Å². The molecule has 1 aromatic carbocycles. The van der Waals surface area contributed by atoms with Crippen molar-refractivity contribution in [3.05, 3.63) is 35.4 Å². The Labute approximate surface area is 113 Å². The molecule has 0 aliphatic carbocycles. The molecule has 1 atom stereocenters. The normalized spacial score (nSPS) is 18.8. The van der Waals surface area contributed by atoms with Gasteiger partial charge in [-0.25, -0.2) is 9.69 Å². The highest BCUT2D eigenvalue weighted by Gasteiger charge is 2.39. The van der Waals surface area contributed by atoms with E-state index >= 15 is 0 Å². The fraction of sp³-hybridized carbons (Fsp3) is 0.467. The van der Waals surface area contributed by atoms with Crippen LogP contribution in [0.3, 0.4) is 0 Å². The summed E-state index contributed by atoms with van der Waals surface area (Å²) in [6.07, 6.45) is -0.283. The van der Waals surface area contributed by atoms with E-state index in [9.17, 15) is 9.59 Å². The van der Waals surface area contributed by atoms with Gasteiger partial charge in [0.2, 0.25) is 5.91 Å². The summed E-state index contributed by atoms with van der Waals surface area (Å²) in [7, 11) is 0. The third-order valence-corrected chi connectivity index (χ3v) is 3.42. The Balaban J connectivity index is 2.10. The van der Waals surface area contributed by atoms with Crippen LogP contribution in [-0.2, 0) is 16.0 Å². The highest BCUT2D eigenvalue weighted by molar-refractivity contribution is 5.94. The topological polar surface area (TPSA) is 46.6 Å². The number of hydrogen-bond acceptors (Lipinski definition) is 3. The monoisotopic (exact) mass is 261 g/mol. The number of nitrogens with zero attached hydrogens (tertiary/aromatic N) is 1. The van der Waals surface area contributed by atoms with E-state index in [1.807, 2.05) is 45.0 Å². The lowest BCUT2D eigenvalue weighted by molar-refractivity contribution is -0.129. The molecule has 2 amide bonds. The van der Waals surface area contributed by atoms with E-state index in [0.29, 0.717) is 6.61 Å². The predicted molar refractivity (Wildman–Crippen MR) is 71.7 cm³/mol. The molecule has 2 rings (SSSR count). The van der Waals surface area contributed by atoms with E-state index < -0.39 is 6.09 Å². The molecule has 4 nitrogen and oxygen atoms in total.